The lowest BCUT2D eigenvalue weighted by Gasteiger charge is -2.44. The van der Waals surface area contributed by atoms with Gasteiger partial charge in [0.05, 0.1) is 16.8 Å². The van der Waals surface area contributed by atoms with E-state index in [1.165, 1.54) is 0 Å². The predicted octanol–water partition coefficient (Wildman–Crippen LogP) is 6.39. The van der Waals surface area contributed by atoms with Gasteiger partial charge in [-0.2, -0.15) is 0 Å². The normalized spacial score (nSPS) is 17.3. The van der Waals surface area contributed by atoms with Crippen LogP contribution in [0.2, 0.25) is 20.1 Å². The molecule has 1 heterocycles. The molecule has 32 heavy (non-hydrogen) atoms. The molecule has 2 atom stereocenters. The summed E-state index contributed by atoms with van der Waals surface area (Å²) in [5.41, 5.74) is 8.93. The smallest absolute Gasteiger partial charge is 0.244 e. The zero-order valence-corrected chi connectivity index (χ0v) is 20.0. The Morgan fingerprint density at radius 1 is 0.844 bits per heavy atom. The maximum absolute atomic E-state index is 13.3. The molecule has 0 aromatic heterocycles. The third-order valence-corrected chi connectivity index (χ3v) is 6.70. The molecule has 1 aliphatic heterocycles. The van der Waals surface area contributed by atoms with E-state index in [1.807, 2.05) is 36.4 Å². The van der Waals surface area contributed by atoms with Crippen molar-refractivity contribution in [2.24, 2.45) is 5.73 Å². The number of carbonyl (C=O) groups excluding carboxylic acids is 1. The summed E-state index contributed by atoms with van der Waals surface area (Å²) < 4.78 is 0. The van der Waals surface area contributed by atoms with Crippen LogP contribution in [-0.4, -0.2) is 30.4 Å². The zero-order valence-electron chi connectivity index (χ0n) is 17.0. The first kappa shape index (κ1) is 23.2. The highest BCUT2D eigenvalue weighted by Gasteiger charge is 2.34. The number of hydrogen-bond acceptors (Lipinski definition) is 3. The molecule has 3 aromatic rings. The Bertz CT molecular complexity index is 1110. The molecular weight excluding hydrogens is 488 g/mol. The van der Waals surface area contributed by atoms with Crippen LogP contribution in [0.1, 0.15) is 23.2 Å². The van der Waals surface area contributed by atoms with Crippen molar-refractivity contribution < 1.29 is 4.79 Å². The highest BCUT2D eigenvalue weighted by atomic mass is 35.5. The highest BCUT2D eigenvalue weighted by Crippen LogP contribution is 2.37. The van der Waals surface area contributed by atoms with Gasteiger partial charge in [0, 0.05) is 34.7 Å². The molecule has 3 aromatic carbocycles. The molecule has 166 valence electrons. The molecule has 0 aliphatic carbocycles. The Hall–Kier alpha value is -1.95. The Kier molecular flexibility index (Phi) is 7.18. The molecule has 0 spiro atoms. The van der Waals surface area contributed by atoms with Crippen molar-refractivity contribution in [3.05, 3.63) is 97.9 Å². The second kappa shape index (κ2) is 9.90. The van der Waals surface area contributed by atoms with Crippen LogP contribution in [0.4, 0.5) is 5.69 Å². The molecule has 0 unspecified atom stereocenters. The maximum atomic E-state index is 13.3. The van der Waals surface area contributed by atoms with E-state index in [4.69, 9.17) is 52.1 Å². The van der Waals surface area contributed by atoms with Gasteiger partial charge in [-0.1, -0.05) is 70.7 Å². The minimum atomic E-state index is -0.760. The zero-order chi connectivity index (χ0) is 22.8. The van der Waals surface area contributed by atoms with Crippen LogP contribution in [0.3, 0.4) is 0 Å². The van der Waals surface area contributed by atoms with E-state index < -0.39 is 6.04 Å². The average Bonchev–Trinajstić information content (AvgIpc) is 2.79. The number of nitrogens with two attached hydrogens (primary N) is 1. The molecule has 0 radical (unpaired) electrons. The Balaban J connectivity index is 1.63. The molecule has 1 saturated heterocycles. The first-order valence-electron chi connectivity index (χ1n) is 10.1. The van der Waals surface area contributed by atoms with E-state index in [0.717, 1.165) is 16.8 Å². The van der Waals surface area contributed by atoms with Crippen molar-refractivity contribution in [2.75, 3.05) is 24.5 Å². The van der Waals surface area contributed by atoms with Gasteiger partial charge in [0.1, 0.15) is 6.04 Å². The van der Waals surface area contributed by atoms with Crippen LogP contribution in [-0.2, 0) is 4.79 Å². The van der Waals surface area contributed by atoms with Gasteiger partial charge in [-0.3, -0.25) is 4.79 Å². The number of hydrogen-bond donors (Lipinski definition) is 1. The quantitative estimate of drug-likeness (QED) is 0.444. The summed E-state index contributed by atoms with van der Waals surface area (Å²) in [6, 6.07) is 19.2. The fourth-order valence-corrected chi connectivity index (χ4v) is 4.73. The van der Waals surface area contributed by atoms with Crippen LogP contribution in [0, 0.1) is 0 Å². The van der Waals surface area contributed by atoms with Gasteiger partial charge in [0.2, 0.25) is 5.91 Å². The minimum absolute atomic E-state index is 0.124. The molecule has 1 amide bonds. The van der Waals surface area contributed by atoms with E-state index in [1.54, 1.807) is 35.2 Å². The lowest BCUT2D eigenvalue weighted by atomic mass is 9.99. The second-order valence-electron chi connectivity index (χ2n) is 7.67. The molecule has 8 heteroatoms. The van der Waals surface area contributed by atoms with Gasteiger partial charge in [0.15, 0.2) is 0 Å². The predicted molar refractivity (Wildman–Crippen MR) is 133 cm³/mol. The lowest BCUT2D eigenvalue weighted by molar-refractivity contribution is -0.133. The average molecular weight is 509 g/mol. The number of amides is 1. The van der Waals surface area contributed by atoms with E-state index in [-0.39, 0.29) is 11.9 Å². The third-order valence-electron chi connectivity index (χ3n) is 5.66. The van der Waals surface area contributed by atoms with Crippen molar-refractivity contribution in [2.45, 2.75) is 12.1 Å². The van der Waals surface area contributed by atoms with Crippen molar-refractivity contribution in [3.63, 3.8) is 0 Å². The summed E-state index contributed by atoms with van der Waals surface area (Å²) in [5.74, 6) is -0.131. The second-order valence-corrected chi connectivity index (χ2v) is 9.39. The standard InChI is InChI=1S/C24H21Cl4N3O/c25-17-5-1-15(2-6-17)22-14-30(24(32)23(29)16-3-7-18(26)8-4-16)11-12-31(22)21-10-9-19(27)13-20(21)28/h1-10,13,22-23H,11-12,14,29H2/t22-,23+/m0/s1. The van der Waals surface area contributed by atoms with Crippen LogP contribution >= 0.6 is 46.4 Å². The Labute approximate surface area is 207 Å². The maximum Gasteiger partial charge on any atom is 0.244 e. The van der Waals surface area contributed by atoms with Gasteiger partial charge >= 0.3 is 0 Å². The largest absolute Gasteiger partial charge is 0.360 e. The topological polar surface area (TPSA) is 49.6 Å². The first-order chi connectivity index (χ1) is 15.3. The molecule has 1 fully saturated rings. The number of halogens is 4. The van der Waals surface area contributed by atoms with Gasteiger partial charge in [0.25, 0.3) is 0 Å². The molecule has 0 bridgehead atoms. The van der Waals surface area contributed by atoms with E-state index >= 15 is 0 Å². The fraction of sp³-hybridized carbons (Fsp3) is 0.208. The number of nitrogens with zero attached hydrogens (tertiary/aromatic N) is 2. The van der Waals surface area contributed by atoms with Gasteiger partial charge in [-0.05, 0) is 53.6 Å². The lowest BCUT2D eigenvalue weighted by Crippen LogP contribution is -2.52. The molecule has 1 aliphatic rings. The molecular formula is C24H21Cl4N3O. The summed E-state index contributed by atoms with van der Waals surface area (Å²) in [5, 5.41) is 2.39. The number of piperazine rings is 1. The minimum Gasteiger partial charge on any atom is -0.360 e. The Morgan fingerprint density at radius 2 is 1.44 bits per heavy atom. The van der Waals surface area contributed by atoms with E-state index in [0.29, 0.717) is 39.7 Å². The first-order valence-corrected chi connectivity index (χ1v) is 11.6. The number of benzene rings is 3. The van der Waals surface area contributed by atoms with Gasteiger partial charge in [-0.25, -0.2) is 0 Å². The van der Waals surface area contributed by atoms with Crippen molar-refractivity contribution >= 4 is 58.0 Å². The monoisotopic (exact) mass is 507 g/mol. The van der Waals surface area contributed by atoms with Crippen molar-refractivity contribution in [1.29, 1.82) is 0 Å². The highest BCUT2D eigenvalue weighted by molar-refractivity contribution is 6.36. The summed E-state index contributed by atoms with van der Waals surface area (Å²) in [6.45, 7) is 1.57. The van der Waals surface area contributed by atoms with E-state index in [9.17, 15) is 4.79 Å². The van der Waals surface area contributed by atoms with Crippen molar-refractivity contribution in [1.82, 2.24) is 4.90 Å². The molecule has 0 saturated carbocycles. The number of rotatable bonds is 4. The molecule has 4 rings (SSSR count). The van der Waals surface area contributed by atoms with Crippen LogP contribution in [0.15, 0.2) is 66.7 Å². The van der Waals surface area contributed by atoms with Crippen molar-refractivity contribution in [3.8, 4) is 0 Å². The van der Waals surface area contributed by atoms with Crippen LogP contribution in [0.25, 0.3) is 0 Å². The number of carbonyl (C=O) groups is 1. The summed E-state index contributed by atoms with van der Waals surface area (Å²) in [6.07, 6.45) is 0. The summed E-state index contributed by atoms with van der Waals surface area (Å²) >= 11 is 24.7. The van der Waals surface area contributed by atoms with Gasteiger partial charge < -0.3 is 15.5 Å². The fourth-order valence-electron chi connectivity index (χ4n) is 3.97. The SMILES string of the molecule is N[C@@H](C(=O)N1CCN(c2ccc(Cl)cc2Cl)[C@H](c2ccc(Cl)cc2)C1)c1ccc(Cl)cc1. The summed E-state index contributed by atoms with van der Waals surface area (Å²) in [7, 11) is 0. The van der Waals surface area contributed by atoms with E-state index in [2.05, 4.69) is 4.90 Å². The van der Waals surface area contributed by atoms with Crippen LogP contribution in [0.5, 0.6) is 0 Å². The summed E-state index contributed by atoms with van der Waals surface area (Å²) in [4.78, 5) is 17.3. The van der Waals surface area contributed by atoms with Gasteiger partial charge in [-0.15, -0.1) is 0 Å². The Morgan fingerprint density at radius 3 is 2.06 bits per heavy atom. The third kappa shape index (κ3) is 5.00. The molecule has 2 N–H and O–H groups in total. The number of anilines is 1. The van der Waals surface area contributed by atoms with Crippen LogP contribution < -0.4 is 10.6 Å². The molecule has 4 nitrogen and oxygen atoms in total.